The molecule has 7 nitrogen and oxygen atoms in total. The molecule has 1 heterocycles. The number of anilines is 1. The first-order valence-electron chi connectivity index (χ1n) is 7.80. The lowest BCUT2D eigenvalue weighted by molar-refractivity contribution is -0.122. The lowest BCUT2D eigenvalue weighted by Gasteiger charge is -2.19. The van der Waals surface area contributed by atoms with Gasteiger partial charge in [-0.3, -0.25) is 9.59 Å². The summed E-state index contributed by atoms with van der Waals surface area (Å²) in [5, 5.41) is 2.77. The van der Waals surface area contributed by atoms with Crippen LogP contribution in [-0.2, 0) is 4.79 Å². The molecule has 0 aliphatic carbocycles. The number of hydrogen-bond donors (Lipinski definition) is 2. The molecule has 7 heteroatoms. The standard InChI is InChI=1S/C18H18N2O5/c1-11(25-14-5-2-12(3-6-14)17(19)21)18(22)20-13-4-7-15-16(10-13)24-9-8-23-15/h2-7,10-11H,8-9H2,1H3,(H2,19,21)(H,20,22)/t11-/m1/s1. The average Bonchev–Trinajstić information content (AvgIpc) is 2.62. The molecule has 2 amide bonds. The van der Waals surface area contributed by atoms with Gasteiger partial charge in [0, 0.05) is 17.3 Å². The summed E-state index contributed by atoms with van der Waals surface area (Å²) in [6, 6.07) is 11.5. The van der Waals surface area contributed by atoms with Crippen molar-refractivity contribution >= 4 is 17.5 Å². The highest BCUT2D eigenvalue weighted by Crippen LogP contribution is 2.32. The Bertz CT molecular complexity index is 789. The highest BCUT2D eigenvalue weighted by molar-refractivity contribution is 5.94. The number of benzene rings is 2. The Balaban J connectivity index is 1.61. The Hall–Kier alpha value is -3.22. The molecule has 0 saturated heterocycles. The Kier molecular flexibility index (Phi) is 4.74. The predicted molar refractivity (Wildman–Crippen MR) is 91.1 cm³/mol. The fraction of sp³-hybridized carbons (Fsp3) is 0.222. The summed E-state index contributed by atoms with van der Waals surface area (Å²) in [7, 11) is 0. The summed E-state index contributed by atoms with van der Waals surface area (Å²) in [4.78, 5) is 23.3. The molecule has 0 bridgehead atoms. The SMILES string of the molecule is C[C@@H](Oc1ccc(C(N)=O)cc1)C(=O)Nc1ccc2c(c1)OCCO2. The van der Waals surface area contributed by atoms with Crippen LogP contribution in [0.25, 0.3) is 0 Å². The van der Waals surface area contributed by atoms with E-state index in [9.17, 15) is 9.59 Å². The molecule has 25 heavy (non-hydrogen) atoms. The number of carbonyl (C=O) groups excluding carboxylic acids is 2. The molecule has 0 saturated carbocycles. The fourth-order valence-corrected chi connectivity index (χ4v) is 2.32. The first kappa shape index (κ1) is 16.6. The second-order valence-electron chi connectivity index (χ2n) is 5.50. The molecular weight excluding hydrogens is 324 g/mol. The van der Waals surface area contributed by atoms with E-state index in [1.807, 2.05) is 0 Å². The molecule has 2 aromatic carbocycles. The van der Waals surface area contributed by atoms with Gasteiger partial charge in [-0.05, 0) is 43.3 Å². The number of nitrogens with two attached hydrogens (primary N) is 1. The minimum Gasteiger partial charge on any atom is -0.486 e. The molecule has 0 spiro atoms. The third-order valence-corrected chi connectivity index (χ3v) is 3.63. The van der Waals surface area contributed by atoms with Crippen LogP contribution in [0.1, 0.15) is 17.3 Å². The van der Waals surface area contributed by atoms with Crippen molar-refractivity contribution < 1.29 is 23.8 Å². The predicted octanol–water partition coefficient (Wildman–Crippen LogP) is 1.96. The minimum atomic E-state index is -0.729. The Morgan fingerprint density at radius 2 is 1.76 bits per heavy atom. The maximum atomic E-state index is 12.3. The topological polar surface area (TPSA) is 99.9 Å². The van der Waals surface area contributed by atoms with Crippen LogP contribution in [0.4, 0.5) is 5.69 Å². The van der Waals surface area contributed by atoms with Gasteiger partial charge in [-0.1, -0.05) is 0 Å². The Morgan fingerprint density at radius 1 is 1.08 bits per heavy atom. The first-order chi connectivity index (χ1) is 12.0. The van der Waals surface area contributed by atoms with Crippen molar-refractivity contribution in [2.75, 3.05) is 18.5 Å². The van der Waals surface area contributed by atoms with E-state index >= 15 is 0 Å². The van der Waals surface area contributed by atoms with Gasteiger partial charge in [0.2, 0.25) is 5.91 Å². The highest BCUT2D eigenvalue weighted by Gasteiger charge is 2.17. The summed E-state index contributed by atoms with van der Waals surface area (Å²) >= 11 is 0. The molecule has 0 fully saturated rings. The van der Waals surface area contributed by atoms with Crippen LogP contribution in [0.15, 0.2) is 42.5 Å². The number of ether oxygens (including phenoxy) is 3. The van der Waals surface area contributed by atoms with Gasteiger partial charge in [-0.15, -0.1) is 0 Å². The molecule has 3 N–H and O–H groups in total. The van der Waals surface area contributed by atoms with Crippen LogP contribution in [0.5, 0.6) is 17.2 Å². The van der Waals surface area contributed by atoms with E-state index in [0.717, 1.165) is 0 Å². The zero-order valence-electron chi connectivity index (χ0n) is 13.7. The van der Waals surface area contributed by atoms with Crippen molar-refractivity contribution in [2.45, 2.75) is 13.0 Å². The van der Waals surface area contributed by atoms with Crippen molar-refractivity contribution in [1.82, 2.24) is 0 Å². The van der Waals surface area contributed by atoms with Gasteiger partial charge in [-0.25, -0.2) is 0 Å². The van der Waals surface area contributed by atoms with Gasteiger partial charge >= 0.3 is 0 Å². The highest BCUT2D eigenvalue weighted by atomic mass is 16.6. The molecule has 1 atom stereocenters. The zero-order chi connectivity index (χ0) is 17.8. The molecular formula is C18H18N2O5. The van der Waals surface area contributed by atoms with Gasteiger partial charge in [0.05, 0.1) is 0 Å². The van der Waals surface area contributed by atoms with Crippen LogP contribution < -0.4 is 25.3 Å². The Labute approximate surface area is 144 Å². The third kappa shape index (κ3) is 4.00. The van der Waals surface area contributed by atoms with E-state index in [1.54, 1.807) is 49.4 Å². The number of fused-ring (bicyclic) bond motifs is 1. The minimum absolute atomic E-state index is 0.310. The van der Waals surface area contributed by atoms with Gasteiger partial charge in [-0.2, -0.15) is 0 Å². The summed E-state index contributed by atoms with van der Waals surface area (Å²) in [5.41, 5.74) is 6.15. The second-order valence-corrected chi connectivity index (χ2v) is 5.50. The van der Waals surface area contributed by atoms with E-state index in [2.05, 4.69) is 5.32 Å². The summed E-state index contributed by atoms with van der Waals surface area (Å²) in [5.74, 6) is 0.893. The first-order valence-corrected chi connectivity index (χ1v) is 7.80. The average molecular weight is 342 g/mol. The maximum Gasteiger partial charge on any atom is 0.265 e. The number of rotatable bonds is 5. The van der Waals surface area contributed by atoms with Crippen molar-refractivity contribution in [3.8, 4) is 17.2 Å². The monoisotopic (exact) mass is 342 g/mol. The largest absolute Gasteiger partial charge is 0.486 e. The summed E-state index contributed by atoms with van der Waals surface area (Å²) in [6.07, 6.45) is -0.729. The number of hydrogen-bond acceptors (Lipinski definition) is 5. The van der Waals surface area contributed by atoms with Crippen molar-refractivity contribution in [3.05, 3.63) is 48.0 Å². The van der Waals surface area contributed by atoms with Gasteiger partial charge in [0.15, 0.2) is 17.6 Å². The number of nitrogens with one attached hydrogen (secondary N) is 1. The fourth-order valence-electron chi connectivity index (χ4n) is 2.32. The molecule has 1 aliphatic rings. The quantitative estimate of drug-likeness (QED) is 0.865. The van der Waals surface area contributed by atoms with Crippen LogP contribution in [0, 0.1) is 0 Å². The van der Waals surface area contributed by atoms with Crippen LogP contribution >= 0.6 is 0 Å². The van der Waals surface area contributed by atoms with Crippen molar-refractivity contribution in [3.63, 3.8) is 0 Å². The van der Waals surface area contributed by atoms with E-state index < -0.39 is 12.0 Å². The Morgan fingerprint density at radius 3 is 2.44 bits per heavy atom. The normalized spacial score (nSPS) is 13.6. The van der Waals surface area contributed by atoms with Crippen LogP contribution in [0.2, 0.25) is 0 Å². The van der Waals surface area contributed by atoms with E-state index in [-0.39, 0.29) is 5.91 Å². The van der Waals surface area contributed by atoms with E-state index in [4.69, 9.17) is 19.9 Å². The van der Waals surface area contributed by atoms with Gasteiger partial charge < -0.3 is 25.3 Å². The lowest BCUT2D eigenvalue weighted by atomic mass is 10.2. The number of carbonyl (C=O) groups is 2. The van der Waals surface area contributed by atoms with Crippen molar-refractivity contribution in [2.24, 2.45) is 5.73 Å². The summed E-state index contributed by atoms with van der Waals surface area (Å²) < 4.78 is 16.5. The molecule has 0 radical (unpaired) electrons. The number of amides is 2. The molecule has 2 aromatic rings. The van der Waals surface area contributed by atoms with E-state index in [0.29, 0.717) is 41.7 Å². The van der Waals surface area contributed by atoms with Crippen LogP contribution in [0.3, 0.4) is 0 Å². The molecule has 130 valence electrons. The third-order valence-electron chi connectivity index (χ3n) is 3.63. The van der Waals surface area contributed by atoms with Crippen LogP contribution in [-0.4, -0.2) is 31.1 Å². The second kappa shape index (κ2) is 7.12. The molecule has 0 aromatic heterocycles. The summed E-state index contributed by atoms with van der Waals surface area (Å²) in [6.45, 7) is 2.62. The zero-order valence-corrected chi connectivity index (χ0v) is 13.7. The maximum absolute atomic E-state index is 12.3. The van der Waals surface area contributed by atoms with Crippen molar-refractivity contribution in [1.29, 1.82) is 0 Å². The molecule has 0 unspecified atom stereocenters. The molecule has 3 rings (SSSR count). The van der Waals surface area contributed by atoms with Gasteiger partial charge in [0.25, 0.3) is 5.91 Å². The molecule has 1 aliphatic heterocycles. The van der Waals surface area contributed by atoms with E-state index in [1.165, 1.54) is 0 Å². The smallest absolute Gasteiger partial charge is 0.265 e. The number of primary amides is 1. The lowest BCUT2D eigenvalue weighted by Crippen LogP contribution is -2.30. The van der Waals surface area contributed by atoms with Gasteiger partial charge in [0.1, 0.15) is 19.0 Å².